The fourth-order valence-electron chi connectivity index (χ4n) is 3.34. The van der Waals surface area contributed by atoms with E-state index in [9.17, 15) is 21.6 Å². The van der Waals surface area contributed by atoms with Gasteiger partial charge < -0.3 is 10.1 Å². The Morgan fingerprint density at radius 1 is 1.37 bits per heavy atom. The molecule has 0 saturated carbocycles. The lowest BCUT2D eigenvalue weighted by molar-refractivity contribution is -0.0519. The van der Waals surface area contributed by atoms with Crippen LogP contribution in [0.25, 0.3) is 0 Å². The lowest BCUT2D eigenvalue weighted by atomic mass is 9.88. The van der Waals surface area contributed by atoms with Gasteiger partial charge in [-0.25, -0.2) is 8.42 Å². The molecule has 2 bridgehead atoms. The van der Waals surface area contributed by atoms with Gasteiger partial charge in [0.2, 0.25) is 0 Å². The summed E-state index contributed by atoms with van der Waals surface area (Å²) >= 11 is 0. The number of halogens is 3. The van der Waals surface area contributed by atoms with E-state index in [0.29, 0.717) is 17.3 Å². The van der Waals surface area contributed by atoms with Crippen molar-refractivity contribution in [2.45, 2.75) is 30.1 Å². The Morgan fingerprint density at radius 3 is 2.79 bits per heavy atom. The van der Waals surface area contributed by atoms with Gasteiger partial charge in [-0.05, 0) is 19.4 Å². The summed E-state index contributed by atoms with van der Waals surface area (Å²) in [5.74, 6) is -0.151. The number of hydrogen-bond acceptors (Lipinski definition) is 4. The topological polar surface area (TPSA) is 58.6 Å². The summed E-state index contributed by atoms with van der Waals surface area (Å²) in [4.78, 5) is 0. The van der Waals surface area contributed by atoms with Gasteiger partial charge in [-0.15, -0.1) is 0 Å². The molecule has 3 atom stereocenters. The van der Waals surface area contributed by atoms with Crippen LogP contribution in [-0.2, 0) is 14.8 Å². The highest BCUT2D eigenvalue weighted by Crippen LogP contribution is 2.46. The van der Waals surface area contributed by atoms with Crippen molar-refractivity contribution < 1.29 is 26.3 Å². The van der Waals surface area contributed by atoms with Gasteiger partial charge in [0.15, 0.2) is 0 Å². The SMILES string of the molecule is O=S(=O)(N1C[C@@H]2C[C@H]3CCNC[C@]2(C1)O3)C(F)(F)F. The smallest absolute Gasteiger partial charge is 0.369 e. The Hall–Kier alpha value is -0.380. The second kappa shape index (κ2) is 4.06. The minimum Gasteiger partial charge on any atom is -0.369 e. The third-order valence-electron chi connectivity index (χ3n) is 4.26. The predicted octanol–water partition coefficient (Wildman–Crippen LogP) is 0.289. The Labute approximate surface area is 109 Å². The van der Waals surface area contributed by atoms with E-state index in [1.54, 1.807) is 0 Å². The number of fused-ring (bicyclic) bond motifs is 1. The number of ether oxygens (including phenoxy) is 1. The molecular weight excluding hydrogens is 285 g/mol. The molecule has 0 aliphatic carbocycles. The number of alkyl halides is 3. The first kappa shape index (κ1) is 13.6. The molecule has 0 aromatic rings. The molecule has 3 aliphatic rings. The fourth-order valence-corrected chi connectivity index (χ4v) is 4.39. The van der Waals surface area contributed by atoms with Gasteiger partial charge in [-0.3, -0.25) is 0 Å². The van der Waals surface area contributed by atoms with Crippen LogP contribution < -0.4 is 5.32 Å². The molecule has 3 rings (SSSR count). The first-order valence-corrected chi connectivity index (χ1v) is 7.64. The van der Waals surface area contributed by atoms with E-state index in [1.807, 2.05) is 0 Å². The number of rotatable bonds is 1. The average molecular weight is 300 g/mol. The van der Waals surface area contributed by atoms with Crippen LogP contribution in [0, 0.1) is 5.92 Å². The Bertz CT molecular complexity index is 481. The van der Waals surface area contributed by atoms with Crippen LogP contribution in [-0.4, -0.2) is 56.1 Å². The van der Waals surface area contributed by atoms with E-state index >= 15 is 0 Å². The first-order chi connectivity index (χ1) is 8.75. The number of nitrogens with zero attached hydrogens (tertiary/aromatic N) is 1. The van der Waals surface area contributed by atoms with Crippen molar-refractivity contribution in [3.63, 3.8) is 0 Å². The molecule has 110 valence electrons. The van der Waals surface area contributed by atoms with Crippen LogP contribution in [0.1, 0.15) is 12.8 Å². The quantitative estimate of drug-likeness (QED) is 0.756. The summed E-state index contributed by atoms with van der Waals surface area (Å²) < 4.78 is 67.0. The highest BCUT2D eigenvalue weighted by molar-refractivity contribution is 7.90. The van der Waals surface area contributed by atoms with Crippen molar-refractivity contribution >= 4 is 10.0 Å². The zero-order chi connectivity index (χ0) is 13.9. The molecule has 5 nitrogen and oxygen atoms in total. The van der Waals surface area contributed by atoms with Crippen LogP contribution in [0.5, 0.6) is 0 Å². The summed E-state index contributed by atoms with van der Waals surface area (Å²) in [7, 11) is -5.25. The molecule has 0 unspecified atom stereocenters. The van der Waals surface area contributed by atoms with Crippen LogP contribution in [0.2, 0.25) is 0 Å². The lowest BCUT2D eigenvalue weighted by Gasteiger charge is -2.27. The van der Waals surface area contributed by atoms with Crippen LogP contribution in [0.3, 0.4) is 0 Å². The maximum Gasteiger partial charge on any atom is 0.511 e. The highest BCUT2D eigenvalue weighted by Gasteiger charge is 2.61. The molecule has 9 heteroatoms. The third kappa shape index (κ3) is 1.98. The number of sulfonamides is 1. The zero-order valence-electron chi connectivity index (χ0n) is 10.1. The molecule has 1 spiro atoms. The molecule has 3 fully saturated rings. The molecule has 0 radical (unpaired) electrons. The Kier molecular flexibility index (Phi) is 2.91. The molecule has 1 N–H and O–H groups in total. The highest BCUT2D eigenvalue weighted by atomic mass is 32.2. The molecular formula is C10H15F3N2O3S. The van der Waals surface area contributed by atoms with Crippen molar-refractivity contribution in [1.82, 2.24) is 9.62 Å². The molecule has 3 saturated heterocycles. The summed E-state index contributed by atoms with van der Waals surface area (Å²) in [5.41, 5.74) is -6.01. The Morgan fingerprint density at radius 2 is 2.11 bits per heavy atom. The minimum atomic E-state index is -5.25. The monoisotopic (exact) mass is 300 g/mol. The zero-order valence-corrected chi connectivity index (χ0v) is 10.9. The third-order valence-corrected chi connectivity index (χ3v) is 5.80. The Balaban J connectivity index is 1.85. The first-order valence-electron chi connectivity index (χ1n) is 6.20. The number of hydrogen-bond donors (Lipinski definition) is 1. The minimum absolute atomic E-state index is 0.0377. The van der Waals surface area contributed by atoms with Gasteiger partial charge >= 0.3 is 15.5 Å². The van der Waals surface area contributed by atoms with Gasteiger partial charge in [0.25, 0.3) is 0 Å². The standard InChI is InChI=1S/C10H15F3N2O3S/c11-10(12,13)19(16,17)15-4-7-3-8-1-2-14-5-9(7,6-15)18-8/h7-8,14H,1-6H2/t7-,8+,9+/m0/s1. The van der Waals surface area contributed by atoms with E-state index in [2.05, 4.69) is 5.32 Å². The van der Waals surface area contributed by atoms with Crippen molar-refractivity contribution in [3.05, 3.63) is 0 Å². The molecule has 0 amide bonds. The molecule has 3 heterocycles. The lowest BCUT2D eigenvalue weighted by Crippen LogP contribution is -2.47. The molecule has 0 aromatic carbocycles. The maximum absolute atomic E-state index is 12.6. The van der Waals surface area contributed by atoms with E-state index in [1.165, 1.54) is 0 Å². The summed E-state index contributed by atoms with van der Waals surface area (Å²) in [6.07, 6.45) is 1.51. The fraction of sp³-hybridized carbons (Fsp3) is 1.00. The van der Waals surface area contributed by atoms with E-state index in [4.69, 9.17) is 4.74 Å². The van der Waals surface area contributed by atoms with Crippen LogP contribution in [0.15, 0.2) is 0 Å². The van der Waals surface area contributed by atoms with Crippen LogP contribution >= 0.6 is 0 Å². The van der Waals surface area contributed by atoms with E-state index in [-0.39, 0.29) is 25.1 Å². The molecule has 3 aliphatic heterocycles. The van der Waals surface area contributed by atoms with Crippen molar-refractivity contribution in [2.24, 2.45) is 5.92 Å². The predicted molar refractivity (Wildman–Crippen MR) is 59.7 cm³/mol. The van der Waals surface area contributed by atoms with Gasteiger partial charge in [0.05, 0.1) is 11.7 Å². The summed E-state index contributed by atoms with van der Waals surface area (Å²) in [5, 5.41) is 3.12. The summed E-state index contributed by atoms with van der Waals surface area (Å²) in [6, 6.07) is 0. The van der Waals surface area contributed by atoms with Crippen LogP contribution in [0.4, 0.5) is 13.2 Å². The van der Waals surface area contributed by atoms with Gasteiger partial charge in [-0.2, -0.15) is 17.5 Å². The maximum atomic E-state index is 12.6. The van der Waals surface area contributed by atoms with Crippen molar-refractivity contribution in [2.75, 3.05) is 26.2 Å². The van der Waals surface area contributed by atoms with Gasteiger partial charge in [0, 0.05) is 25.6 Å². The summed E-state index contributed by atoms with van der Waals surface area (Å²) in [6.45, 7) is 0.867. The average Bonchev–Trinajstić information content (AvgIpc) is 2.64. The number of nitrogens with one attached hydrogen (secondary N) is 1. The second-order valence-corrected chi connectivity index (χ2v) is 7.38. The van der Waals surface area contributed by atoms with Crippen molar-refractivity contribution in [3.8, 4) is 0 Å². The van der Waals surface area contributed by atoms with Gasteiger partial charge in [0.1, 0.15) is 0 Å². The van der Waals surface area contributed by atoms with Crippen molar-refractivity contribution in [1.29, 1.82) is 0 Å². The van der Waals surface area contributed by atoms with Gasteiger partial charge in [-0.1, -0.05) is 0 Å². The van der Waals surface area contributed by atoms with E-state index in [0.717, 1.165) is 13.0 Å². The molecule has 19 heavy (non-hydrogen) atoms. The largest absolute Gasteiger partial charge is 0.511 e. The van der Waals surface area contributed by atoms with E-state index < -0.39 is 21.1 Å². The second-order valence-electron chi connectivity index (χ2n) is 5.45. The molecule has 0 aromatic heterocycles. The normalized spacial score (nSPS) is 40.2.